The summed E-state index contributed by atoms with van der Waals surface area (Å²) in [5.41, 5.74) is 2.54. The van der Waals surface area contributed by atoms with Crippen molar-refractivity contribution in [2.24, 2.45) is 21.7 Å². The Hall–Kier alpha value is -4.71. The zero-order valence-corrected chi connectivity index (χ0v) is 52.3. The Kier molecular flexibility index (Phi) is 26.9. The molecule has 25 nitrogen and oxygen atoms in total. The number of cyclic esters (lactones) is 6. The maximum absolute atomic E-state index is 11.0. The van der Waals surface area contributed by atoms with Crippen LogP contribution in [0, 0.1) is 21.7 Å². The number of carbonyl (C=O) groups excluding carboxylic acids is 3. The van der Waals surface area contributed by atoms with E-state index < -0.39 is 42.2 Å². The van der Waals surface area contributed by atoms with Gasteiger partial charge in [0.1, 0.15) is 75.1 Å². The summed E-state index contributed by atoms with van der Waals surface area (Å²) in [5, 5.41) is 0. The molecule has 8 atom stereocenters. The van der Waals surface area contributed by atoms with Gasteiger partial charge in [0, 0.05) is 21.7 Å². The molecule has 0 bridgehead atoms. The normalized spacial score (nSPS) is 27.1. The van der Waals surface area contributed by atoms with E-state index in [9.17, 15) is 14.4 Å². The van der Waals surface area contributed by atoms with Crippen LogP contribution in [0.1, 0.15) is 64.5 Å². The fourth-order valence-electron chi connectivity index (χ4n) is 9.53. The largest absolute Gasteiger partial charge is 0.508 e. The van der Waals surface area contributed by atoms with Crippen molar-refractivity contribution in [1.82, 2.24) is 0 Å². The van der Waals surface area contributed by atoms with Crippen LogP contribution in [0.2, 0.25) is 0 Å². The van der Waals surface area contributed by atoms with E-state index >= 15 is 0 Å². The second-order valence-corrected chi connectivity index (χ2v) is 24.7. The van der Waals surface area contributed by atoms with Gasteiger partial charge in [-0.2, -0.15) is 0 Å². The van der Waals surface area contributed by atoms with Crippen molar-refractivity contribution in [2.75, 3.05) is 185 Å². The summed E-state index contributed by atoms with van der Waals surface area (Å²) in [7, 11) is 0. The number of epoxide rings is 5. The van der Waals surface area contributed by atoms with E-state index in [0.717, 1.165) is 110 Å². The molecule has 10 fully saturated rings. The summed E-state index contributed by atoms with van der Waals surface area (Å²) < 4.78 is 117. The Morgan fingerprint density at radius 3 is 0.888 bits per heavy atom. The van der Waals surface area contributed by atoms with Gasteiger partial charge in [-0.1, -0.05) is 52.0 Å². The molecule has 2 aromatic rings. The molecule has 0 radical (unpaired) electrons. The zero-order chi connectivity index (χ0) is 62.2. The molecule has 89 heavy (non-hydrogen) atoms. The highest BCUT2D eigenvalue weighted by atomic mass is 16.8. The predicted molar refractivity (Wildman–Crippen MR) is 312 cm³/mol. The Bertz CT molecular complexity index is 2170. The van der Waals surface area contributed by atoms with Crippen molar-refractivity contribution < 1.29 is 119 Å². The molecule has 0 aliphatic carbocycles. The summed E-state index contributed by atoms with van der Waals surface area (Å²) in [6, 6.07) is 16.5. The molecule has 12 rings (SSSR count). The highest BCUT2D eigenvalue weighted by Gasteiger charge is 2.42. The average molecular weight is 1260 g/mol. The van der Waals surface area contributed by atoms with Crippen LogP contribution in [0.15, 0.2) is 48.5 Å². The maximum atomic E-state index is 11.0. The van der Waals surface area contributed by atoms with Gasteiger partial charge in [0.25, 0.3) is 0 Å². The third-order valence-corrected chi connectivity index (χ3v) is 16.8. The number of hydrogen-bond donors (Lipinski definition) is 0. The minimum Gasteiger partial charge on any atom is -0.491 e. The van der Waals surface area contributed by atoms with Gasteiger partial charge in [-0.05, 0) is 67.5 Å². The maximum Gasteiger partial charge on any atom is 0.508 e. The molecule has 0 amide bonds. The summed E-state index contributed by atoms with van der Waals surface area (Å²) in [6.07, 6.45) is 2.77. The van der Waals surface area contributed by atoms with E-state index in [2.05, 4.69) is 45.0 Å². The number of benzene rings is 2. The standard InChI is InChI=1S/C19H20O4.C18H26O12.C15H26O6.C12H22O3/c1-5-16(20-10-18-12-22-18)6-2-14(1)9-15-3-7-17(8-4-15)21-11-19-13-23-19;1-2-18(9-22-3-12-6-25-15(19)28-12,10-23-4-13-7-26-16(20)29-13)11-24-5-14-8-27-17(21)30-14;1-2-15(9-16-3-12-6-19-12,10-17-4-13-7-20-13)11-18-5-14-8-21-14;1-3-11(5-13-6-11)9-15-10-12(4-2)7-14-8-12/h1-8,18-19H,9-13H2;12-14H,2-11H2,1H3;12-14H,2-11H2,1H3;3-10H2,1-2H3. The smallest absolute Gasteiger partial charge is 0.491 e. The van der Waals surface area contributed by atoms with Crippen LogP contribution in [0.3, 0.4) is 0 Å². The van der Waals surface area contributed by atoms with Gasteiger partial charge in [-0.25, -0.2) is 14.4 Å². The fraction of sp³-hybridized carbons (Fsp3) is 0.766. The Morgan fingerprint density at radius 1 is 0.382 bits per heavy atom. The third kappa shape index (κ3) is 24.7. The quantitative estimate of drug-likeness (QED) is 0.0399. The Morgan fingerprint density at radius 2 is 0.663 bits per heavy atom. The summed E-state index contributed by atoms with van der Waals surface area (Å²) in [6.45, 7) is 24.8. The van der Waals surface area contributed by atoms with Gasteiger partial charge < -0.3 is 104 Å². The number of hydrogen-bond acceptors (Lipinski definition) is 25. The third-order valence-electron chi connectivity index (χ3n) is 16.8. The lowest BCUT2D eigenvalue weighted by Crippen LogP contribution is -2.49. The highest BCUT2D eigenvalue weighted by molar-refractivity contribution is 5.62. The van der Waals surface area contributed by atoms with Crippen LogP contribution >= 0.6 is 0 Å². The average Bonchev–Trinajstić information content (AvgIpc) is 2.84. The van der Waals surface area contributed by atoms with Crippen LogP contribution < -0.4 is 9.47 Å². The van der Waals surface area contributed by atoms with Gasteiger partial charge in [-0.15, -0.1) is 0 Å². The van der Waals surface area contributed by atoms with Crippen LogP contribution in [-0.2, 0) is 101 Å². The van der Waals surface area contributed by atoms with Gasteiger partial charge >= 0.3 is 18.5 Å². The van der Waals surface area contributed by atoms with Gasteiger partial charge in [-0.3, -0.25) is 0 Å². The molecule has 10 aliphatic heterocycles. The van der Waals surface area contributed by atoms with Crippen LogP contribution in [0.25, 0.3) is 0 Å². The first kappa shape index (κ1) is 68.7. The molecule has 2 aromatic carbocycles. The van der Waals surface area contributed by atoms with Crippen molar-refractivity contribution in [1.29, 1.82) is 0 Å². The van der Waals surface area contributed by atoms with E-state index in [1.54, 1.807) is 0 Å². The SMILES string of the molecule is CCC(COCC1CO1)(COCC1CO1)COCC1CO1.CCC(COCC1COC(=O)O1)(COCC1COC(=O)O1)COCC1COC(=O)O1.CCC1(COCC2(CC)COC2)COC1.c1cc(OCC2CO2)ccc1Cc1ccc(OCC2CO2)cc1. The monoisotopic (exact) mass is 1260 g/mol. The van der Waals surface area contributed by atoms with E-state index in [1.807, 2.05) is 31.2 Å². The van der Waals surface area contributed by atoms with Crippen LogP contribution in [0.5, 0.6) is 11.5 Å². The van der Waals surface area contributed by atoms with Crippen LogP contribution in [-0.4, -0.2) is 252 Å². The lowest BCUT2D eigenvalue weighted by atomic mass is 9.83. The molecule has 0 N–H and O–H groups in total. The van der Waals surface area contributed by atoms with Gasteiger partial charge in [0.15, 0.2) is 18.3 Å². The lowest BCUT2D eigenvalue weighted by molar-refractivity contribution is -0.187. The molecule has 0 aromatic heterocycles. The first-order valence-corrected chi connectivity index (χ1v) is 31.6. The first-order chi connectivity index (χ1) is 43.4. The first-order valence-electron chi connectivity index (χ1n) is 31.6. The highest BCUT2D eigenvalue weighted by Crippen LogP contribution is 2.36. The Balaban J connectivity index is 0.000000145. The molecule has 500 valence electrons. The molecule has 25 heteroatoms. The Labute approximate surface area is 521 Å². The van der Waals surface area contributed by atoms with E-state index in [-0.39, 0.29) is 64.9 Å². The molecular formula is C64H94O25. The second-order valence-electron chi connectivity index (χ2n) is 24.7. The van der Waals surface area contributed by atoms with Gasteiger partial charge in [0.05, 0.1) is 152 Å². The molecule has 0 spiro atoms. The predicted octanol–water partition coefficient (Wildman–Crippen LogP) is 6.36. The van der Waals surface area contributed by atoms with E-state index in [0.29, 0.717) is 101 Å². The molecule has 8 unspecified atom stereocenters. The molecule has 10 heterocycles. The number of ether oxygens (including phenoxy) is 22. The molecule has 10 aliphatic rings. The van der Waals surface area contributed by atoms with E-state index in [1.165, 1.54) is 11.1 Å². The summed E-state index contributed by atoms with van der Waals surface area (Å²) in [4.78, 5) is 33.1. The number of rotatable bonds is 40. The van der Waals surface area contributed by atoms with Gasteiger partial charge in [0.2, 0.25) is 0 Å². The fourth-order valence-corrected chi connectivity index (χ4v) is 9.53. The van der Waals surface area contributed by atoms with Crippen LogP contribution in [0.4, 0.5) is 14.4 Å². The minimum atomic E-state index is -0.710. The molecular weight excluding hydrogens is 1170 g/mol. The van der Waals surface area contributed by atoms with Crippen molar-refractivity contribution in [3.63, 3.8) is 0 Å². The van der Waals surface area contributed by atoms with Crippen molar-refractivity contribution >= 4 is 18.5 Å². The summed E-state index contributed by atoms with van der Waals surface area (Å²) >= 11 is 0. The summed E-state index contributed by atoms with van der Waals surface area (Å²) in [5.74, 6) is 1.80. The zero-order valence-electron chi connectivity index (χ0n) is 52.3. The van der Waals surface area contributed by atoms with Crippen molar-refractivity contribution in [3.05, 3.63) is 59.7 Å². The molecule has 10 saturated heterocycles. The van der Waals surface area contributed by atoms with Crippen molar-refractivity contribution in [2.45, 2.75) is 109 Å². The molecule has 0 saturated carbocycles. The lowest BCUT2D eigenvalue weighted by Gasteiger charge is -2.44. The topological polar surface area (TPSA) is 271 Å². The van der Waals surface area contributed by atoms with E-state index in [4.69, 9.17) is 104 Å². The van der Waals surface area contributed by atoms with Crippen molar-refractivity contribution in [3.8, 4) is 11.5 Å². The minimum absolute atomic E-state index is 0.0985. The second kappa shape index (κ2) is 34.8. The number of carbonyl (C=O) groups is 3.